The van der Waals surface area contributed by atoms with E-state index in [1.807, 2.05) is 6.08 Å². The van der Waals surface area contributed by atoms with Crippen molar-refractivity contribution >= 4 is 0 Å². The molecular formula is C23H17F7. The van der Waals surface area contributed by atoms with Crippen LogP contribution in [0.3, 0.4) is 0 Å². The van der Waals surface area contributed by atoms with Crippen LogP contribution < -0.4 is 0 Å². The van der Waals surface area contributed by atoms with E-state index in [0.29, 0.717) is 23.6 Å². The lowest BCUT2D eigenvalue weighted by atomic mass is 9.78. The molecule has 1 aliphatic rings. The third-order valence-corrected chi connectivity index (χ3v) is 5.30. The zero-order chi connectivity index (χ0) is 22.1. The van der Waals surface area contributed by atoms with Crippen molar-refractivity contribution in [1.82, 2.24) is 0 Å². The van der Waals surface area contributed by atoms with Crippen molar-refractivity contribution < 1.29 is 30.7 Å². The largest absolute Gasteiger partial charge is 0.458 e. The fourth-order valence-electron chi connectivity index (χ4n) is 3.76. The second kappa shape index (κ2) is 8.55. The molecule has 0 aromatic heterocycles. The van der Waals surface area contributed by atoms with Gasteiger partial charge in [0.2, 0.25) is 0 Å². The molecule has 0 aliphatic heterocycles. The molecule has 2 aromatic rings. The van der Waals surface area contributed by atoms with Gasteiger partial charge in [-0.2, -0.15) is 13.2 Å². The van der Waals surface area contributed by atoms with Crippen LogP contribution in [0.5, 0.6) is 0 Å². The number of alkyl halides is 3. The van der Waals surface area contributed by atoms with E-state index < -0.39 is 46.1 Å². The molecule has 0 bridgehead atoms. The van der Waals surface area contributed by atoms with Crippen LogP contribution in [-0.2, 0) is 0 Å². The van der Waals surface area contributed by atoms with Crippen LogP contribution in [-0.4, -0.2) is 6.18 Å². The van der Waals surface area contributed by atoms with Gasteiger partial charge in [0.05, 0.1) is 11.1 Å². The normalized spacial score (nSPS) is 19.2. The van der Waals surface area contributed by atoms with Crippen molar-refractivity contribution in [2.24, 2.45) is 5.92 Å². The first-order chi connectivity index (χ1) is 14.1. The van der Waals surface area contributed by atoms with Crippen molar-refractivity contribution in [3.05, 3.63) is 71.3 Å². The summed E-state index contributed by atoms with van der Waals surface area (Å²) in [6.45, 7) is 3.75. The predicted molar refractivity (Wildman–Crippen MR) is 99.5 cm³/mol. The minimum atomic E-state index is -4.93. The topological polar surface area (TPSA) is 0 Å². The maximum atomic E-state index is 14.7. The Hall–Kier alpha value is -2.75. The van der Waals surface area contributed by atoms with E-state index >= 15 is 0 Å². The maximum Gasteiger partial charge on any atom is 0.458 e. The summed E-state index contributed by atoms with van der Waals surface area (Å²) in [6.07, 6.45) is 0.129. The van der Waals surface area contributed by atoms with Crippen molar-refractivity contribution in [2.75, 3.05) is 0 Å². The quantitative estimate of drug-likeness (QED) is 0.275. The van der Waals surface area contributed by atoms with Crippen LogP contribution in [0, 0.1) is 41.0 Å². The van der Waals surface area contributed by atoms with Gasteiger partial charge in [-0.25, -0.2) is 17.6 Å². The van der Waals surface area contributed by atoms with Gasteiger partial charge in [-0.05, 0) is 72.9 Å². The molecule has 1 aliphatic carbocycles. The summed E-state index contributed by atoms with van der Waals surface area (Å²) >= 11 is 0. The number of allylic oxidation sites excluding steroid dienone is 1. The van der Waals surface area contributed by atoms with Gasteiger partial charge in [0, 0.05) is 5.92 Å². The summed E-state index contributed by atoms with van der Waals surface area (Å²) < 4.78 is 94.1. The molecule has 30 heavy (non-hydrogen) atoms. The molecule has 0 amide bonds. The summed E-state index contributed by atoms with van der Waals surface area (Å²) in [5, 5.41) is 0. The van der Waals surface area contributed by atoms with E-state index in [4.69, 9.17) is 0 Å². The first-order valence-corrected chi connectivity index (χ1v) is 9.30. The molecule has 158 valence electrons. The zero-order valence-corrected chi connectivity index (χ0v) is 15.7. The molecule has 0 N–H and O–H groups in total. The summed E-state index contributed by atoms with van der Waals surface area (Å²) in [4.78, 5) is 0. The number of hydrogen-bond donors (Lipinski definition) is 0. The van der Waals surface area contributed by atoms with Crippen molar-refractivity contribution in [2.45, 2.75) is 37.8 Å². The third-order valence-electron chi connectivity index (χ3n) is 5.30. The van der Waals surface area contributed by atoms with Gasteiger partial charge < -0.3 is 0 Å². The molecule has 7 heteroatoms. The Morgan fingerprint density at radius 3 is 1.83 bits per heavy atom. The summed E-state index contributed by atoms with van der Waals surface area (Å²) in [5.41, 5.74) is -1.76. The number of rotatable bonds is 3. The number of halogens is 7. The average molecular weight is 426 g/mol. The molecule has 1 saturated carbocycles. The average Bonchev–Trinajstić information content (AvgIpc) is 2.66. The lowest BCUT2D eigenvalue weighted by Gasteiger charge is -2.27. The van der Waals surface area contributed by atoms with Crippen LogP contribution in [0.2, 0.25) is 0 Å². The number of benzene rings is 2. The van der Waals surface area contributed by atoms with Gasteiger partial charge in [-0.3, -0.25) is 0 Å². The standard InChI is InChI=1S/C23H17F7/c1-2-13-3-5-14(6-4-13)15-9-20(26)22(21(27)10-15)16-11-18(24)17(19(25)12-16)7-8-23(28,29)30/h2,9-14H,1,3-6H2. The lowest BCUT2D eigenvalue weighted by molar-refractivity contribution is -0.0696. The minimum Gasteiger partial charge on any atom is -0.206 e. The van der Waals surface area contributed by atoms with E-state index in [0.717, 1.165) is 43.7 Å². The van der Waals surface area contributed by atoms with E-state index in [-0.39, 0.29) is 5.92 Å². The highest BCUT2D eigenvalue weighted by molar-refractivity contribution is 5.67. The first-order valence-electron chi connectivity index (χ1n) is 9.30. The fourth-order valence-corrected chi connectivity index (χ4v) is 3.76. The molecule has 0 atom stereocenters. The van der Waals surface area contributed by atoms with Crippen molar-refractivity contribution in [1.29, 1.82) is 0 Å². The van der Waals surface area contributed by atoms with Crippen LogP contribution in [0.4, 0.5) is 30.7 Å². The van der Waals surface area contributed by atoms with E-state index in [9.17, 15) is 30.7 Å². The molecule has 0 heterocycles. The molecule has 0 saturated heterocycles. The van der Waals surface area contributed by atoms with Gasteiger partial charge in [0.15, 0.2) is 0 Å². The maximum absolute atomic E-state index is 14.7. The Morgan fingerprint density at radius 2 is 1.37 bits per heavy atom. The number of hydrogen-bond acceptors (Lipinski definition) is 0. The van der Waals surface area contributed by atoms with Gasteiger partial charge in [-0.1, -0.05) is 12.0 Å². The fraction of sp³-hybridized carbons (Fsp3) is 0.304. The second-order valence-corrected chi connectivity index (χ2v) is 7.27. The van der Waals surface area contributed by atoms with Gasteiger partial charge in [0.25, 0.3) is 0 Å². The summed E-state index contributed by atoms with van der Waals surface area (Å²) in [5.74, 6) is -2.39. The van der Waals surface area contributed by atoms with E-state index in [2.05, 4.69) is 6.58 Å². The van der Waals surface area contributed by atoms with Gasteiger partial charge in [-0.15, -0.1) is 6.58 Å². The molecule has 0 nitrogen and oxygen atoms in total. The summed E-state index contributed by atoms with van der Waals surface area (Å²) in [7, 11) is 0. The van der Waals surface area contributed by atoms with Crippen molar-refractivity contribution in [3.8, 4) is 23.0 Å². The monoisotopic (exact) mass is 426 g/mol. The molecular weight excluding hydrogens is 409 g/mol. The third kappa shape index (κ3) is 4.86. The predicted octanol–water partition coefficient (Wildman–Crippen LogP) is 7.28. The van der Waals surface area contributed by atoms with Crippen LogP contribution in [0.15, 0.2) is 36.9 Å². The smallest absolute Gasteiger partial charge is 0.206 e. The minimum absolute atomic E-state index is 0.0345. The van der Waals surface area contributed by atoms with Crippen LogP contribution in [0.25, 0.3) is 11.1 Å². The van der Waals surface area contributed by atoms with Crippen LogP contribution >= 0.6 is 0 Å². The summed E-state index contributed by atoms with van der Waals surface area (Å²) in [6, 6.07) is 3.43. The SMILES string of the molecule is C=CC1CCC(c2cc(F)c(-c3cc(F)c(C#CC(F)(F)F)c(F)c3)c(F)c2)CC1. The highest BCUT2D eigenvalue weighted by Gasteiger charge is 2.25. The highest BCUT2D eigenvalue weighted by atomic mass is 19.4. The lowest BCUT2D eigenvalue weighted by Crippen LogP contribution is -2.12. The van der Waals surface area contributed by atoms with Gasteiger partial charge >= 0.3 is 6.18 Å². The molecule has 3 rings (SSSR count). The molecule has 0 radical (unpaired) electrons. The molecule has 0 unspecified atom stereocenters. The van der Waals surface area contributed by atoms with E-state index in [1.165, 1.54) is 5.92 Å². The molecule has 1 fully saturated rings. The Morgan fingerprint density at radius 1 is 0.833 bits per heavy atom. The zero-order valence-electron chi connectivity index (χ0n) is 15.7. The first kappa shape index (κ1) is 21.9. The van der Waals surface area contributed by atoms with Crippen LogP contribution in [0.1, 0.15) is 42.7 Å². The Bertz CT molecular complexity index is 970. The Labute approximate surface area is 169 Å². The Balaban J connectivity index is 1.94. The molecule has 2 aromatic carbocycles. The van der Waals surface area contributed by atoms with E-state index in [1.54, 1.807) is 0 Å². The highest BCUT2D eigenvalue weighted by Crippen LogP contribution is 2.38. The molecule has 0 spiro atoms. The second-order valence-electron chi connectivity index (χ2n) is 7.27. The van der Waals surface area contributed by atoms with Gasteiger partial charge in [0.1, 0.15) is 23.3 Å². The van der Waals surface area contributed by atoms with Crippen molar-refractivity contribution in [3.63, 3.8) is 0 Å². The Kier molecular flexibility index (Phi) is 6.25.